The first-order valence-corrected chi connectivity index (χ1v) is 5.34. The molecule has 0 saturated heterocycles. The second-order valence-corrected chi connectivity index (χ2v) is 3.59. The number of hydrogen-bond acceptors (Lipinski definition) is 4. The zero-order valence-electron chi connectivity index (χ0n) is 9.30. The first kappa shape index (κ1) is 10.6. The molecule has 0 spiro atoms. The van der Waals surface area contributed by atoms with Crippen LogP contribution in [0.4, 0.5) is 5.82 Å². The summed E-state index contributed by atoms with van der Waals surface area (Å²) in [5.74, 6) is 0.882. The Morgan fingerprint density at radius 2 is 2.31 bits per heavy atom. The van der Waals surface area contributed by atoms with E-state index in [1.165, 1.54) is 0 Å². The monoisotopic (exact) mass is 217 g/mol. The molecule has 2 aromatic rings. The molecule has 5 heteroatoms. The van der Waals surface area contributed by atoms with Crippen LogP contribution in [0.1, 0.15) is 12.1 Å². The van der Waals surface area contributed by atoms with Crippen LogP contribution in [0.3, 0.4) is 0 Å². The number of rotatable bonds is 5. The fourth-order valence-corrected chi connectivity index (χ4v) is 1.44. The lowest BCUT2D eigenvalue weighted by Crippen LogP contribution is -2.08. The normalized spacial score (nSPS) is 10.3. The maximum absolute atomic E-state index is 4.14. The van der Waals surface area contributed by atoms with Crippen LogP contribution in [0.15, 0.2) is 30.9 Å². The predicted molar refractivity (Wildman–Crippen MR) is 62.1 cm³/mol. The van der Waals surface area contributed by atoms with Crippen molar-refractivity contribution in [2.45, 2.75) is 19.9 Å². The Morgan fingerprint density at radius 1 is 1.38 bits per heavy atom. The van der Waals surface area contributed by atoms with Gasteiger partial charge in [0.15, 0.2) is 0 Å². The van der Waals surface area contributed by atoms with Gasteiger partial charge in [-0.1, -0.05) is 0 Å². The van der Waals surface area contributed by atoms with Gasteiger partial charge in [0, 0.05) is 37.2 Å². The number of aromatic nitrogens is 4. The highest BCUT2D eigenvalue weighted by molar-refractivity contribution is 5.33. The van der Waals surface area contributed by atoms with Crippen LogP contribution in [0, 0.1) is 6.92 Å². The second kappa shape index (κ2) is 5.25. The van der Waals surface area contributed by atoms with Crippen molar-refractivity contribution in [3.63, 3.8) is 0 Å². The molecule has 0 fully saturated rings. The lowest BCUT2D eigenvalue weighted by Gasteiger charge is -2.05. The summed E-state index contributed by atoms with van der Waals surface area (Å²) in [6, 6.07) is 3.87. The Balaban J connectivity index is 1.72. The van der Waals surface area contributed by atoms with Gasteiger partial charge in [-0.25, -0.2) is 9.97 Å². The summed E-state index contributed by atoms with van der Waals surface area (Å²) in [5, 5.41) is 7.39. The minimum atomic E-state index is 0.882. The highest BCUT2D eigenvalue weighted by Crippen LogP contribution is 2.02. The molecule has 0 aliphatic carbocycles. The average molecular weight is 217 g/mol. The van der Waals surface area contributed by atoms with E-state index in [-0.39, 0.29) is 0 Å². The molecular weight excluding hydrogens is 202 g/mol. The standard InChI is InChI=1S/C11H15N5/c1-10-8-11(14-9-13-10)12-4-2-6-16-7-3-5-15-16/h3,5,7-9H,2,4,6H2,1H3,(H,12,13,14). The van der Waals surface area contributed by atoms with Crippen LogP contribution in [-0.2, 0) is 6.54 Å². The van der Waals surface area contributed by atoms with Gasteiger partial charge in [0.1, 0.15) is 12.1 Å². The van der Waals surface area contributed by atoms with Crippen molar-refractivity contribution >= 4 is 5.82 Å². The van der Waals surface area contributed by atoms with Crippen molar-refractivity contribution in [1.29, 1.82) is 0 Å². The van der Waals surface area contributed by atoms with Crippen LogP contribution in [0.2, 0.25) is 0 Å². The fourth-order valence-electron chi connectivity index (χ4n) is 1.44. The molecular formula is C11H15N5. The Morgan fingerprint density at radius 3 is 3.06 bits per heavy atom. The van der Waals surface area contributed by atoms with Crippen molar-refractivity contribution < 1.29 is 0 Å². The highest BCUT2D eigenvalue weighted by Gasteiger charge is 1.95. The summed E-state index contributed by atoms with van der Waals surface area (Å²) in [7, 11) is 0. The van der Waals surface area contributed by atoms with Gasteiger partial charge in [-0.15, -0.1) is 0 Å². The molecule has 0 unspecified atom stereocenters. The third-order valence-electron chi connectivity index (χ3n) is 2.23. The van der Waals surface area contributed by atoms with Gasteiger partial charge < -0.3 is 5.32 Å². The number of nitrogens with zero attached hydrogens (tertiary/aromatic N) is 4. The van der Waals surface area contributed by atoms with Crippen LogP contribution in [0.5, 0.6) is 0 Å². The van der Waals surface area contributed by atoms with E-state index in [0.29, 0.717) is 0 Å². The zero-order valence-corrected chi connectivity index (χ0v) is 9.30. The zero-order chi connectivity index (χ0) is 11.2. The first-order chi connectivity index (χ1) is 7.84. The Labute approximate surface area is 94.5 Å². The van der Waals surface area contributed by atoms with Gasteiger partial charge >= 0.3 is 0 Å². The summed E-state index contributed by atoms with van der Waals surface area (Å²) in [6.45, 7) is 3.76. The van der Waals surface area contributed by atoms with Crippen molar-refractivity contribution in [3.8, 4) is 0 Å². The number of nitrogens with one attached hydrogen (secondary N) is 1. The van der Waals surface area contributed by atoms with Gasteiger partial charge in [-0.2, -0.15) is 5.10 Å². The highest BCUT2D eigenvalue weighted by atomic mass is 15.3. The topological polar surface area (TPSA) is 55.6 Å². The third kappa shape index (κ3) is 3.05. The minimum Gasteiger partial charge on any atom is -0.370 e. The molecule has 2 rings (SSSR count). The maximum atomic E-state index is 4.14. The Kier molecular flexibility index (Phi) is 3.48. The van der Waals surface area contributed by atoms with Crippen molar-refractivity contribution in [3.05, 3.63) is 36.5 Å². The molecule has 0 aliphatic heterocycles. The number of hydrogen-bond donors (Lipinski definition) is 1. The van der Waals surface area contributed by atoms with Crippen LogP contribution >= 0.6 is 0 Å². The average Bonchev–Trinajstić information content (AvgIpc) is 2.77. The van der Waals surface area contributed by atoms with Gasteiger partial charge in [0.05, 0.1) is 0 Å². The molecule has 0 amide bonds. The number of aryl methyl sites for hydroxylation is 2. The molecule has 0 radical (unpaired) electrons. The van der Waals surface area contributed by atoms with Crippen molar-refractivity contribution in [2.24, 2.45) is 0 Å². The van der Waals surface area contributed by atoms with Gasteiger partial charge in [-0.05, 0) is 19.4 Å². The molecule has 5 nitrogen and oxygen atoms in total. The van der Waals surface area contributed by atoms with Crippen molar-refractivity contribution in [1.82, 2.24) is 19.7 Å². The molecule has 16 heavy (non-hydrogen) atoms. The van der Waals surface area contributed by atoms with Crippen LogP contribution < -0.4 is 5.32 Å². The second-order valence-electron chi connectivity index (χ2n) is 3.59. The molecule has 2 aromatic heterocycles. The molecule has 2 heterocycles. The van der Waals surface area contributed by atoms with E-state index in [0.717, 1.165) is 31.0 Å². The van der Waals surface area contributed by atoms with E-state index >= 15 is 0 Å². The summed E-state index contributed by atoms with van der Waals surface area (Å²) >= 11 is 0. The van der Waals surface area contributed by atoms with E-state index in [4.69, 9.17) is 0 Å². The summed E-state index contributed by atoms with van der Waals surface area (Å²) < 4.78 is 1.92. The Bertz CT molecular complexity index is 424. The molecule has 0 aromatic carbocycles. The van der Waals surface area contributed by atoms with Crippen LogP contribution in [-0.4, -0.2) is 26.3 Å². The summed E-state index contributed by atoms with van der Waals surface area (Å²) in [5.41, 5.74) is 0.976. The summed E-state index contributed by atoms with van der Waals surface area (Å²) in [6.07, 6.45) is 6.35. The smallest absolute Gasteiger partial charge is 0.129 e. The SMILES string of the molecule is Cc1cc(NCCCn2cccn2)ncn1. The molecule has 0 aliphatic rings. The van der Waals surface area contributed by atoms with E-state index in [1.54, 1.807) is 12.5 Å². The van der Waals surface area contributed by atoms with Gasteiger partial charge in [0.2, 0.25) is 0 Å². The van der Waals surface area contributed by atoms with E-state index in [1.807, 2.05) is 29.9 Å². The van der Waals surface area contributed by atoms with E-state index in [2.05, 4.69) is 20.4 Å². The molecule has 0 atom stereocenters. The summed E-state index contributed by atoms with van der Waals surface area (Å²) in [4.78, 5) is 8.17. The molecule has 1 N–H and O–H groups in total. The quantitative estimate of drug-likeness (QED) is 0.771. The number of anilines is 1. The van der Waals surface area contributed by atoms with E-state index < -0.39 is 0 Å². The lowest BCUT2D eigenvalue weighted by molar-refractivity contribution is 0.591. The molecule has 0 bridgehead atoms. The maximum Gasteiger partial charge on any atom is 0.129 e. The predicted octanol–water partition coefficient (Wildman–Crippen LogP) is 1.48. The lowest BCUT2D eigenvalue weighted by atomic mass is 10.4. The molecule has 84 valence electrons. The van der Waals surface area contributed by atoms with Gasteiger partial charge in [0.25, 0.3) is 0 Å². The molecule has 0 saturated carbocycles. The first-order valence-electron chi connectivity index (χ1n) is 5.34. The van der Waals surface area contributed by atoms with Crippen molar-refractivity contribution in [2.75, 3.05) is 11.9 Å². The largest absolute Gasteiger partial charge is 0.370 e. The van der Waals surface area contributed by atoms with E-state index in [9.17, 15) is 0 Å². The third-order valence-corrected chi connectivity index (χ3v) is 2.23. The fraction of sp³-hybridized carbons (Fsp3) is 0.364. The minimum absolute atomic E-state index is 0.882. The van der Waals surface area contributed by atoms with Gasteiger partial charge in [-0.3, -0.25) is 4.68 Å². The Hall–Kier alpha value is -1.91. The van der Waals surface area contributed by atoms with Crippen LogP contribution in [0.25, 0.3) is 0 Å².